The summed E-state index contributed by atoms with van der Waals surface area (Å²) in [5.41, 5.74) is 2.24. The smallest absolute Gasteiger partial charge is 0.248 e. The first-order chi connectivity index (χ1) is 18.5. The number of pyridine rings is 1. The van der Waals surface area contributed by atoms with E-state index in [1.165, 1.54) is 6.33 Å². The lowest BCUT2D eigenvalue weighted by Crippen LogP contribution is -2.45. The summed E-state index contributed by atoms with van der Waals surface area (Å²) in [6, 6.07) is 16.6. The number of likely N-dealkylation sites (tertiary alicyclic amines) is 1. The van der Waals surface area contributed by atoms with E-state index >= 15 is 0 Å². The summed E-state index contributed by atoms with van der Waals surface area (Å²) in [5.74, 6) is 1.43. The zero-order chi connectivity index (χ0) is 26.5. The number of hydrogen-bond acceptors (Lipinski definition) is 8. The van der Waals surface area contributed by atoms with E-state index in [4.69, 9.17) is 21.1 Å². The first-order valence-electron chi connectivity index (χ1n) is 12.4. The normalized spacial score (nSPS) is 15.9. The molecule has 2 aromatic carbocycles. The molecule has 2 N–H and O–H groups in total. The molecule has 0 unspecified atom stereocenters. The number of aromatic nitrogens is 3. The molecule has 9 nitrogen and oxygen atoms in total. The number of carbonyl (C=O) groups excluding carboxylic acids is 1. The minimum absolute atomic E-state index is 0.122. The summed E-state index contributed by atoms with van der Waals surface area (Å²) in [7, 11) is 0. The lowest BCUT2D eigenvalue weighted by molar-refractivity contribution is -0.136. The summed E-state index contributed by atoms with van der Waals surface area (Å²) in [6.07, 6.45) is 4.60. The number of amides is 1. The van der Waals surface area contributed by atoms with Gasteiger partial charge in [-0.15, -0.1) is 0 Å². The van der Waals surface area contributed by atoms with Crippen LogP contribution < -0.4 is 14.8 Å². The topological polar surface area (TPSA) is 110 Å². The number of aliphatic hydroxyl groups is 1. The number of aliphatic hydroxyl groups excluding tert-OH is 1. The first kappa shape index (κ1) is 25.7. The highest BCUT2D eigenvalue weighted by Gasteiger charge is 2.33. The van der Waals surface area contributed by atoms with Gasteiger partial charge < -0.3 is 24.8 Å². The monoisotopic (exact) mass is 533 g/mol. The Kier molecular flexibility index (Phi) is 7.86. The van der Waals surface area contributed by atoms with E-state index in [0.717, 1.165) is 24.2 Å². The molecule has 0 radical (unpaired) electrons. The zero-order valence-electron chi connectivity index (χ0n) is 20.9. The van der Waals surface area contributed by atoms with Gasteiger partial charge in [-0.25, -0.2) is 9.97 Å². The van der Waals surface area contributed by atoms with Crippen molar-refractivity contribution >= 4 is 39.9 Å². The van der Waals surface area contributed by atoms with E-state index in [-0.39, 0.29) is 18.1 Å². The summed E-state index contributed by atoms with van der Waals surface area (Å²) in [4.78, 5) is 27.0. The van der Waals surface area contributed by atoms with Crippen LogP contribution in [0.4, 0.5) is 11.5 Å². The fraction of sp³-hybridized carbons (Fsp3) is 0.286. The van der Waals surface area contributed by atoms with Gasteiger partial charge in [0.05, 0.1) is 27.7 Å². The average molecular weight is 534 g/mol. The van der Waals surface area contributed by atoms with E-state index in [1.54, 1.807) is 23.2 Å². The number of anilines is 2. The second kappa shape index (κ2) is 11.6. The van der Waals surface area contributed by atoms with Crippen LogP contribution in [-0.2, 0) is 11.4 Å². The Morgan fingerprint density at radius 3 is 2.84 bits per heavy atom. The van der Waals surface area contributed by atoms with E-state index in [9.17, 15) is 9.90 Å². The highest BCUT2D eigenvalue weighted by molar-refractivity contribution is 6.32. The summed E-state index contributed by atoms with van der Waals surface area (Å²) >= 11 is 6.51. The average Bonchev–Trinajstić information content (AvgIpc) is 3.43. The molecule has 0 bridgehead atoms. The van der Waals surface area contributed by atoms with Crippen molar-refractivity contribution in [3.63, 3.8) is 0 Å². The summed E-state index contributed by atoms with van der Waals surface area (Å²) < 4.78 is 12.2. The Morgan fingerprint density at radius 1 is 1.16 bits per heavy atom. The first-order valence-corrected chi connectivity index (χ1v) is 12.8. The van der Waals surface area contributed by atoms with E-state index in [2.05, 4.69) is 20.3 Å². The second-order valence-electron chi connectivity index (χ2n) is 9.03. The molecule has 196 valence electrons. The number of hydrogen-bond donors (Lipinski definition) is 2. The molecule has 2 aromatic heterocycles. The van der Waals surface area contributed by atoms with Crippen molar-refractivity contribution in [1.82, 2.24) is 19.9 Å². The standard InChI is InChI=1S/C28H28ClN5O4/c1-18(23-8-5-13-34(23)26(36)15-35)38-25-9-4-7-22-27(25)28(32-17-31-22)33-19-10-11-24(21(29)14-19)37-16-20-6-2-3-12-30-20/h2-4,6-7,9-12,14,17-18,23,35H,5,8,13,15-16H2,1H3,(H,31,32,33)/t18-,23+/m0/s1. The molecule has 4 aromatic rings. The molecule has 1 saturated heterocycles. The molecule has 1 aliphatic rings. The summed E-state index contributed by atoms with van der Waals surface area (Å²) in [6.45, 7) is 2.36. The van der Waals surface area contributed by atoms with E-state index in [0.29, 0.717) is 46.4 Å². The SMILES string of the molecule is C[C@H](Oc1cccc2ncnc(Nc3ccc(OCc4ccccn4)c(Cl)c3)c12)[C@H]1CCCN1C(=O)CO. The fourth-order valence-electron chi connectivity index (χ4n) is 4.70. The van der Waals surface area contributed by atoms with Gasteiger partial charge in [0.25, 0.3) is 0 Å². The number of rotatable bonds is 9. The molecule has 10 heteroatoms. The Labute approximate surface area is 225 Å². The highest BCUT2D eigenvalue weighted by Crippen LogP contribution is 2.35. The van der Waals surface area contributed by atoms with Crippen LogP contribution in [0.15, 0.2) is 67.1 Å². The number of fused-ring (bicyclic) bond motifs is 1. The van der Waals surface area contributed by atoms with Crippen molar-refractivity contribution < 1.29 is 19.4 Å². The van der Waals surface area contributed by atoms with Crippen molar-refractivity contribution in [3.8, 4) is 11.5 Å². The Balaban J connectivity index is 1.36. The van der Waals surface area contributed by atoms with Crippen molar-refractivity contribution in [1.29, 1.82) is 0 Å². The largest absolute Gasteiger partial charge is 0.488 e. The van der Waals surface area contributed by atoms with Gasteiger partial charge in [0.2, 0.25) is 5.91 Å². The zero-order valence-corrected chi connectivity index (χ0v) is 21.6. The quantitative estimate of drug-likeness (QED) is 0.317. The van der Waals surface area contributed by atoms with Gasteiger partial charge in [-0.3, -0.25) is 9.78 Å². The molecule has 1 amide bonds. The number of nitrogens with zero attached hydrogens (tertiary/aromatic N) is 4. The van der Waals surface area contributed by atoms with Crippen LogP contribution in [0.25, 0.3) is 10.9 Å². The van der Waals surface area contributed by atoms with Gasteiger partial charge in [0.1, 0.15) is 43.0 Å². The third-order valence-electron chi connectivity index (χ3n) is 6.53. The van der Waals surface area contributed by atoms with E-state index in [1.807, 2.05) is 49.4 Å². The van der Waals surface area contributed by atoms with Crippen LogP contribution in [0, 0.1) is 0 Å². The van der Waals surface area contributed by atoms with Crippen molar-refractivity contribution in [2.45, 2.75) is 38.5 Å². The van der Waals surface area contributed by atoms with Crippen LogP contribution >= 0.6 is 11.6 Å². The molecule has 3 heterocycles. The van der Waals surface area contributed by atoms with Crippen LogP contribution in [0.5, 0.6) is 11.5 Å². The number of carbonyl (C=O) groups is 1. The third kappa shape index (κ3) is 5.64. The molecule has 2 atom stereocenters. The molecule has 0 aliphatic carbocycles. The molecule has 0 saturated carbocycles. The van der Waals surface area contributed by atoms with E-state index < -0.39 is 6.61 Å². The van der Waals surface area contributed by atoms with Crippen LogP contribution in [0.2, 0.25) is 5.02 Å². The van der Waals surface area contributed by atoms with Gasteiger partial charge in [-0.2, -0.15) is 0 Å². The van der Waals surface area contributed by atoms with Gasteiger partial charge in [-0.1, -0.05) is 23.7 Å². The lowest BCUT2D eigenvalue weighted by Gasteiger charge is -2.30. The predicted molar refractivity (Wildman–Crippen MR) is 145 cm³/mol. The Hall–Kier alpha value is -3.95. The summed E-state index contributed by atoms with van der Waals surface area (Å²) in [5, 5.41) is 13.8. The maximum absolute atomic E-state index is 12.2. The molecule has 0 spiro atoms. The van der Waals surface area contributed by atoms with Crippen LogP contribution in [0.1, 0.15) is 25.5 Å². The minimum Gasteiger partial charge on any atom is -0.488 e. The third-order valence-corrected chi connectivity index (χ3v) is 6.83. The van der Waals surface area contributed by atoms with Crippen molar-refractivity contribution in [2.75, 3.05) is 18.5 Å². The lowest BCUT2D eigenvalue weighted by atomic mass is 10.1. The molecule has 5 rings (SSSR count). The number of nitrogens with one attached hydrogen (secondary N) is 1. The minimum atomic E-state index is -0.505. The van der Waals surface area contributed by atoms with Crippen molar-refractivity contribution in [3.05, 3.63) is 77.8 Å². The van der Waals surface area contributed by atoms with Crippen molar-refractivity contribution in [2.24, 2.45) is 0 Å². The Morgan fingerprint density at radius 2 is 2.05 bits per heavy atom. The van der Waals surface area contributed by atoms with Gasteiger partial charge >= 0.3 is 0 Å². The molecule has 38 heavy (non-hydrogen) atoms. The maximum atomic E-state index is 12.2. The molecule has 1 fully saturated rings. The second-order valence-corrected chi connectivity index (χ2v) is 9.44. The van der Waals surface area contributed by atoms with Crippen LogP contribution in [0.3, 0.4) is 0 Å². The predicted octanol–water partition coefficient (Wildman–Crippen LogP) is 4.75. The number of halogens is 1. The number of benzene rings is 2. The molecule has 1 aliphatic heterocycles. The Bertz CT molecular complexity index is 1420. The molecular weight excluding hydrogens is 506 g/mol. The number of ether oxygens (including phenoxy) is 2. The van der Waals surface area contributed by atoms with Gasteiger partial charge in [0, 0.05) is 18.4 Å². The highest BCUT2D eigenvalue weighted by atomic mass is 35.5. The fourth-order valence-corrected chi connectivity index (χ4v) is 4.93. The van der Waals surface area contributed by atoms with Crippen LogP contribution in [-0.4, -0.2) is 56.2 Å². The van der Waals surface area contributed by atoms with Gasteiger partial charge in [0.15, 0.2) is 0 Å². The molecular formula is C28H28ClN5O4. The maximum Gasteiger partial charge on any atom is 0.248 e. The van der Waals surface area contributed by atoms with Gasteiger partial charge in [-0.05, 0) is 62.2 Å².